The Morgan fingerprint density at radius 2 is 1.78 bits per heavy atom. The van der Waals surface area contributed by atoms with Crippen molar-refractivity contribution in [3.8, 4) is 5.69 Å². The number of hydrogen-bond donors (Lipinski definition) is 0. The maximum atomic E-state index is 12.9. The highest BCUT2D eigenvalue weighted by Crippen LogP contribution is 2.12. The van der Waals surface area contributed by atoms with Crippen molar-refractivity contribution in [3.05, 3.63) is 63.3 Å². The molecule has 0 spiro atoms. The lowest BCUT2D eigenvalue weighted by Crippen LogP contribution is -2.25. The van der Waals surface area contributed by atoms with Crippen LogP contribution < -0.4 is 5.56 Å². The van der Waals surface area contributed by atoms with Crippen LogP contribution in [0.5, 0.6) is 0 Å². The van der Waals surface area contributed by atoms with Gasteiger partial charge >= 0.3 is 0 Å². The summed E-state index contributed by atoms with van der Waals surface area (Å²) in [6, 6.07) is 7.33. The highest BCUT2D eigenvalue weighted by atomic mass is 19.1. The lowest BCUT2D eigenvalue weighted by atomic mass is 10.1. The zero-order chi connectivity index (χ0) is 13.3. The second-order valence-electron chi connectivity index (χ2n) is 4.12. The molecule has 2 aromatic rings. The topological polar surface area (TPSA) is 39.1 Å². The van der Waals surface area contributed by atoms with Gasteiger partial charge in [0.1, 0.15) is 5.82 Å². The molecule has 3 nitrogen and oxygen atoms in total. The van der Waals surface area contributed by atoms with E-state index in [0.29, 0.717) is 23.2 Å². The molecule has 0 atom stereocenters. The summed E-state index contributed by atoms with van der Waals surface area (Å²) in [5.41, 5.74) is 1.64. The number of carbonyl (C=O) groups excluding carboxylic acids is 1. The average Bonchev–Trinajstić information content (AvgIpc) is 2.31. The number of carbonyl (C=O) groups is 1. The van der Waals surface area contributed by atoms with Gasteiger partial charge in [0.2, 0.25) is 0 Å². The standard InChI is InChI=1S/C14H12FNO2/c1-9-7-10(2)16(14(18)13(9)8-17)12-5-3-11(15)4-6-12/h3-8H,1-2H3. The molecule has 4 heteroatoms. The predicted molar refractivity (Wildman–Crippen MR) is 66.9 cm³/mol. The van der Waals surface area contributed by atoms with E-state index in [2.05, 4.69) is 0 Å². The van der Waals surface area contributed by atoms with E-state index in [1.807, 2.05) is 0 Å². The van der Waals surface area contributed by atoms with Crippen LogP contribution in [0, 0.1) is 19.7 Å². The maximum absolute atomic E-state index is 12.9. The molecular formula is C14H12FNO2. The monoisotopic (exact) mass is 245 g/mol. The summed E-state index contributed by atoms with van der Waals surface area (Å²) in [6.45, 7) is 3.49. The lowest BCUT2D eigenvalue weighted by Gasteiger charge is -2.12. The smallest absolute Gasteiger partial charge is 0.266 e. The van der Waals surface area contributed by atoms with Crippen molar-refractivity contribution in [1.29, 1.82) is 0 Å². The third-order valence-electron chi connectivity index (χ3n) is 2.84. The molecule has 0 unspecified atom stereocenters. The Morgan fingerprint density at radius 1 is 1.17 bits per heavy atom. The van der Waals surface area contributed by atoms with E-state index in [1.165, 1.54) is 28.8 Å². The quantitative estimate of drug-likeness (QED) is 0.762. The van der Waals surface area contributed by atoms with Crippen molar-refractivity contribution < 1.29 is 9.18 Å². The molecule has 0 amide bonds. The molecule has 18 heavy (non-hydrogen) atoms. The summed E-state index contributed by atoms with van der Waals surface area (Å²) in [7, 11) is 0. The fourth-order valence-corrected chi connectivity index (χ4v) is 1.96. The molecule has 1 aromatic carbocycles. The van der Waals surface area contributed by atoms with Gasteiger partial charge in [0, 0.05) is 11.4 Å². The van der Waals surface area contributed by atoms with Crippen molar-refractivity contribution in [1.82, 2.24) is 4.57 Å². The zero-order valence-electron chi connectivity index (χ0n) is 10.1. The van der Waals surface area contributed by atoms with Crippen molar-refractivity contribution in [2.75, 3.05) is 0 Å². The van der Waals surface area contributed by atoms with Crippen LogP contribution in [0.1, 0.15) is 21.6 Å². The summed E-state index contributed by atoms with van der Waals surface area (Å²) in [4.78, 5) is 23.1. The van der Waals surface area contributed by atoms with E-state index in [1.54, 1.807) is 19.9 Å². The molecule has 0 N–H and O–H groups in total. The van der Waals surface area contributed by atoms with E-state index in [-0.39, 0.29) is 16.9 Å². The number of halogens is 1. The second kappa shape index (κ2) is 4.56. The Labute approximate surface area is 104 Å². The lowest BCUT2D eigenvalue weighted by molar-refractivity contribution is 0.112. The largest absolute Gasteiger partial charge is 0.298 e. The van der Waals surface area contributed by atoms with E-state index >= 15 is 0 Å². The third-order valence-corrected chi connectivity index (χ3v) is 2.84. The molecule has 0 aliphatic rings. The summed E-state index contributed by atoms with van der Waals surface area (Å²) < 4.78 is 14.3. The minimum absolute atomic E-state index is 0.130. The van der Waals surface area contributed by atoms with Crippen LogP contribution in [0.25, 0.3) is 5.69 Å². The fourth-order valence-electron chi connectivity index (χ4n) is 1.96. The van der Waals surface area contributed by atoms with Crippen LogP contribution >= 0.6 is 0 Å². The minimum Gasteiger partial charge on any atom is -0.298 e. The van der Waals surface area contributed by atoms with E-state index in [0.717, 1.165) is 0 Å². The van der Waals surface area contributed by atoms with Gasteiger partial charge in [0.15, 0.2) is 6.29 Å². The third kappa shape index (κ3) is 1.97. The number of nitrogens with zero attached hydrogens (tertiary/aromatic N) is 1. The number of aldehydes is 1. The minimum atomic E-state index is -0.380. The number of aromatic nitrogens is 1. The van der Waals surface area contributed by atoms with Crippen LogP contribution in [-0.4, -0.2) is 10.9 Å². The molecule has 2 rings (SSSR count). The normalized spacial score (nSPS) is 10.4. The van der Waals surface area contributed by atoms with Crippen LogP contribution in [0.4, 0.5) is 4.39 Å². The van der Waals surface area contributed by atoms with Crippen LogP contribution in [0.2, 0.25) is 0 Å². The number of aryl methyl sites for hydroxylation is 2. The maximum Gasteiger partial charge on any atom is 0.266 e. The number of benzene rings is 1. The summed E-state index contributed by atoms with van der Waals surface area (Å²) in [5, 5.41) is 0. The first-order valence-electron chi connectivity index (χ1n) is 5.49. The van der Waals surface area contributed by atoms with Gasteiger partial charge in [-0.2, -0.15) is 0 Å². The molecule has 0 saturated carbocycles. The molecule has 92 valence electrons. The number of rotatable bonds is 2. The van der Waals surface area contributed by atoms with Crippen molar-refractivity contribution >= 4 is 6.29 Å². The summed E-state index contributed by atoms with van der Waals surface area (Å²) >= 11 is 0. The first kappa shape index (κ1) is 12.2. The molecule has 1 heterocycles. The van der Waals surface area contributed by atoms with E-state index in [4.69, 9.17) is 0 Å². The van der Waals surface area contributed by atoms with Crippen molar-refractivity contribution in [3.63, 3.8) is 0 Å². The Bertz CT molecular complexity index is 657. The molecule has 0 fully saturated rings. The van der Waals surface area contributed by atoms with Gasteiger partial charge in [0.05, 0.1) is 5.56 Å². The van der Waals surface area contributed by atoms with E-state index < -0.39 is 0 Å². The van der Waals surface area contributed by atoms with Gasteiger partial charge in [-0.05, 0) is 49.7 Å². The Morgan fingerprint density at radius 3 is 2.33 bits per heavy atom. The zero-order valence-corrected chi connectivity index (χ0v) is 10.1. The molecular weight excluding hydrogens is 233 g/mol. The van der Waals surface area contributed by atoms with Gasteiger partial charge in [-0.15, -0.1) is 0 Å². The van der Waals surface area contributed by atoms with Crippen molar-refractivity contribution in [2.24, 2.45) is 0 Å². The van der Waals surface area contributed by atoms with Crippen molar-refractivity contribution in [2.45, 2.75) is 13.8 Å². The average molecular weight is 245 g/mol. The molecule has 0 radical (unpaired) electrons. The molecule has 0 aliphatic carbocycles. The Hall–Kier alpha value is -2.23. The van der Waals surface area contributed by atoms with Crippen LogP contribution in [-0.2, 0) is 0 Å². The van der Waals surface area contributed by atoms with Gasteiger partial charge in [-0.3, -0.25) is 14.2 Å². The SMILES string of the molecule is Cc1cc(C)n(-c2ccc(F)cc2)c(=O)c1C=O. The Kier molecular flexibility index (Phi) is 3.10. The first-order chi connectivity index (χ1) is 8.54. The first-order valence-corrected chi connectivity index (χ1v) is 5.49. The molecule has 0 bridgehead atoms. The predicted octanol–water partition coefficient (Wildman–Crippen LogP) is 2.41. The van der Waals surface area contributed by atoms with E-state index in [9.17, 15) is 14.0 Å². The second-order valence-corrected chi connectivity index (χ2v) is 4.12. The Balaban J connectivity index is 2.75. The fraction of sp³-hybridized carbons (Fsp3) is 0.143. The molecule has 0 aliphatic heterocycles. The molecule has 0 saturated heterocycles. The summed E-state index contributed by atoms with van der Waals surface area (Å²) in [5.74, 6) is -0.368. The number of pyridine rings is 1. The van der Waals surface area contributed by atoms with Gasteiger partial charge < -0.3 is 0 Å². The highest BCUT2D eigenvalue weighted by molar-refractivity contribution is 5.76. The van der Waals surface area contributed by atoms with Crippen LogP contribution in [0.15, 0.2) is 35.1 Å². The summed E-state index contributed by atoms with van der Waals surface area (Å²) in [6.07, 6.45) is 0.553. The van der Waals surface area contributed by atoms with Gasteiger partial charge in [-0.25, -0.2) is 4.39 Å². The van der Waals surface area contributed by atoms with Crippen LogP contribution in [0.3, 0.4) is 0 Å². The molecule has 1 aromatic heterocycles. The van der Waals surface area contributed by atoms with Gasteiger partial charge in [-0.1, -0.05) is 0 Å². The van der Waals surface area contributed by atoms with Gasteiger partial charge in [0.25, 0.3) is 5.56 Å². The highest BCUT2D eigenvalue weighted by Gasteiger charge is 2.10. The number of hydrogen-bond acceptors (Lipinski definition) is 2.